The zero-order valence-corrected chi connectivity index (χ0v) is 16.1. The first-order valence-corrected chi connectivity index (χ1v) is 9.78. The summed E-state index contributed by atoms with van der Waals surface area (Å²) in [4.78, 5) is 2.32. The molecule has 3 aromatic rings. The number of hydrogen-bond donors (Lipinski definition) is 0. The van der Waals surface area contributed by atoms with E-state index in [0.29, 0.717) is 0 Å². The molecule has 1 aliphatic rings. The van der Waals surface area contributed by atoms with Gasteiger partial charge in [0.2, 0.25) is 0 Å². The Balaban J connectivity index is 1.87. The molecule has 1 heterocycles. The van der Waals surface area contributed by atoms with Crippen LogP contribution in [0.1, 0.15) is 55.1 Å². The lowest BCUT2D eigenvalue weighted by Gasteiger charge is -2.42. The van der Waals surface area contributed by atoms with Crippen LogP contribution in [0.25, 0.3) is 0 Å². The van der Waals surface area contributed by atoms with Gasteiger partial charge in [-0.3, -0.25) is 4.90 Å². The van der Waals surface area contributed by atoms with E-state index in [1.165, 1.54) is 30.4 Å². The summed E-state index contributed by atoms with van der Waals surface area (Å²) in [6.07, 6.45) is 5.91. The van der Waals surface area contributed by atoms with Crippen molar-refractivity contribution in [3.63, 3.8) is 0 Å². The summed E-state index contributed by atoms with van der Waals surface area (Å²) in [6.45, 7) is 0. The topological polar surface area (TPSA) is 46.8 Å². The van der Waals surface area contributed by atoms with Crippen LogP contribution in [-0.4, -0.2) is 39.2 Å². The van der Waals surface area contributed by atoms with Gasteiger partial charge in [0.15, 0.2) is 5.82 Å². The third-order valence-electron chi connectivity index (χ3n) is 5.92. The molecule has 5 nitrogen and oxygen atoms in total. The number of rotatable bonds is 5. The first kappa shape index (κ1) is 17.9. The Bertz CT molecular complexity index is 811. The standard InChI is InChI=1S/C22H27N5/c1-26(2)22(16-10-5-11-17-22)21-23-24-25-27(21)20(18-12-6-3-7-13-18)19-14-8-4-9-15-19/h3-4,6-9,12-15,20H,5,10-11,16-17H2,1-2H3. The van der Waals surface area contributed by atoms with Crippen LogP contribution in [-0.2, 0) is 5.54 Å². The van der Waals surface area contributed by atoms with Crippen molar-refractivity contribution in [1.29, 1.82) is 0 Å². The number of hydrogen-bond acceptors (Lipinski definition) is 4. The summed E-state index contributed by atoms with van der Waals surface area (Å²) in [5.41, 5.74) is 2.28. The average molecular weight is 361 g/mol. The second-order valence-corrected chi connectivity index (χ2v) is 7.66. The highest BCUT2D eigenvalue weighted by molar-refractivity contribution is 5.33. The maximum absolute atomic E-state index is 4.57. The quantitative estimate of drug-likeness (QED) is 0.688. The summed E-state index contributed by atoms with van der Waals surface area (Å²) in [6, 6.07) is 21.0. The minimum atomic E-state index is -0.108. The number of benzene rings is 2. The van der Waals surface area contributed by atoms with Gasteiger partial charge in [-0.15, -0.1) is 5.10 Å². The van der Waals surface area contributed by atoms with E-state index in [2.05, 4.69) is 99.9 Å². The Hall–Kier alpha value is -2.53. The first-order chi connectivity index (χ1) is 13.2. The van der Waals surface area contributed by atoms with Crippen molar-refractivity contribution in [2.75, 3.05) is 14.1 Å². The fourth-order valence-corrected chi connectivity index (χ4v) is 4.43. The van der Waals surface area contributed by atoms with Crippen LogP contribution < -0.4 is 0 Å². The highest BCUT2D eigenvalue weighted by Crippen LogP contribution is 2.41. The van der Waals surface area contributed by atoms with Crippen LogP contribution in [0.5, 0.6) is 0 Å². The Morgan fingerprint density at radius 1 is 0.852 bits per heavy atom. The van der Waals surface area contributed by atoms with Crippen molar-refractivity contribution < 1.29 is 0 Å². The molecule has 0 N–H and O–H groups in total. The van der Waals surface area contributed by atoms with E-state index in [-0.39, 0.29) is 11.6 Å². The summed E-state index contributed by atoms with van der Waals surface area (Å²) >= 11 is 0. The number of aromatic nitrogens is 4. The third-order valence-corrected chi connectivity index (χ3v) is 5.92. The lowest BCUT2D eigenvalue weighted by atomic mass is 9.79. The van der Waals surface area contributed by atoms with Crippen LogP contribution in [0, 0.1) is 0 Å². The Labute approximate surface area is 161 Å². The second-order valence-electron chi connectivity index (χ2n) is 7.66. The molecule has 27 heavy (non-hydrogen) atoms. The lowest BCUT2D eigenvalue weighted by molar-refractivity contribution is 0.0830. The molecule has 0 saturated heterocycles. The van der Waals surface area contributed by atoms with Gasteiger partial charge in [-0.05, 0) is 48.5 Å². The summed E-state index contributed by atoms with van der Waals surface area (Å²) in [5, 5.41) is 13.2. The molecule has 0 amide bonds. The highest BCUT2D eigenvalue weighted by atomic mass is 15.6. The monoisotopic (exact) mass is 361 g/mol. The van der Waals surface area contributed by atoms with Gasteiger partial charge in [-0.25, -0.2) is 4.68 Å². The van der Waals surface area contributed by atoms with Crippen LogP contribution in [0.15, 0.2) is 60.7 Å². The van der Waals surface area contributed by atoms with Crippen LogP contribution in [0.3, 0.4) is 0 Å². The van der Waals surface area contributed by atoms with E-state index < -0.39 is 0 Å². The van der Waals surface area contributed by atoms with Gasteiger partial charge < -0.3 is 0 Å². The molecular weight excluding hydrogens is 334 g/mol. The molecule has 1 fully saturated rings. The summed E-state index contributed by atoms with van der Waals surface area (Å²) < 4.78 is 2.05. The molecular formula is C22H27N5. The first-order valence-electron chi connectivity index (χ1n) is 9.78. The second kappa shape index (κ2) is 7.61. The van der Waals surface area contributed by atoms with Gasteiger partial charge in [0.1, 0.15) is 6.04 Å². The van der Waals surface area contributed by atoms with Crippen molar-refractivity contribution >= 4 is 0 Å². The molecule has 1 aromatic heterocycles. The molecule has 0 unspecified atom stereocenters. The van der Waals surface area contributed by atoms with Crippen molar-refractivity contribution in [3.05, 3.63) is 77.6 Å². The molecule has 1 aliphatic carbocycles. The normalized spacial score (nSPS) is 16.7. The predicted octanol–water partition coefficient (Wildman–Crippen LogP) is 4.03. The number of nitrogens with zero attached hydrogens (tertiary/aromatic N) is 5. The van der Waals surface area contributed by atoms with Gasteiger partial charge >= 0.3 is 0 Å². The van der Waals surface area contributed by atoms with E-state index in [4.69, 9.17) is 0 Å². The SMILES string of the molecule is CN(C)C1(c2nnnn2C(c2ccccc2)c2ccccc2)CCCCC1. The van der Waals surface area contributed by atoms with Crippen molar-refractivity contribution in [3.8, 4) is 0 Å². The fraction of sp³-hybridized carbons (Fsp3) is 0.409. The van der Waals surface area contributed by atoms with Crippen molar-refractivity contribution in [2.45, 2.75) is 43.7 Å². The van der Waals surface area contributed by atoms with E-state index in [0.717, 1.165) is 18.7 Å². The molecule has 0 bridgehead atoms. The van der Waals surface area contributed by atoms with Crippen LogP contribution in [0.2, 0.25) is 0 Å². The zero-order chi connectivity index (χ0) is 18.7. The third kappa shape index (κ3) is 3.28. The van der Waals surface area contributed by atoms with Crippen molar-refractivity contribution in [1.82, 2.24) is 25.1 Å². The average Bonchev–Trinajstić information content (AvgIpc) is 3.20. The summed E-state index contributed by atoms with van der Waals surface area (Å²) in [5.74, 6) is 0.977. The van der Waals surface area contributed by atoms with Gasteiger partial charge in [0.05, 0.1) is 5.54 Å². The molecule has 5 heteroatoms. The van der Waals surface area contributed by atoms with Crippen LogP contribution >= 0.6 is 0 Å². The maximum Gasteiger partial charge on any atom is 0.172 e. The molecule has 140 valence electrons. The van der Waals surface area contributed by atoms with E-state index in [1.807, 2.05) is 0 Å². The minimum Gasteiger partial charge on any atom is -0.297 e. The van der Waals surface area contributed by atoms with E-state index in [9.17, 15) is 0 Å². The molecule has 1 saturated carbocycles. The van der Waals surface area contributed by atoms with Gasteiger partial charge in [-0.1, -0.05) is 79.9 Å². The largest absolute Gasteiger partial charge is 0.297 e. The number of tetrazole rings is 1. The maximum atomic E-state index is 4.57. The van der Waals surface area contributed by atoms with Crippen molar-refractivity contribution in [2.24, 2.45) is 0 Å². The predicted molar refractivity (Wildman–Crippen MR) is 106 cm³/mol. The van der Waals surface area contributed by atoms with E-state index in [1.54, 1.807) is 0 Å². The minimum absolute atomic E-state index is 0.0313. The molecule has 0 atom stereocenters. The molecule has 4 rings (SSSR count). The smallest absolute Gasteiger partial charge is 0.172 e. The molecule has 0 aliphatic heterocycles. The molecule has 0 spiro atoms. The van der Waals surface area contributed by atoms with Gasteiger partial charge in [0.25, 0.3) is 0 Å². The fourth-order valence-electron chi connectivity index (χ4n) is 4.43. The summed E-state index contributed by atoms with van der Waals surface area (Å²) in [7, 11) is 4.31. The molecule has 0 radical (unpaired) electrons. The molecule has 2 aromatic carbocycles. The Kier molecular flexibility index (Phi) is 5.03. The Morgan fingerprint density at radius 2 is 1.41 bits per heavy atom. The highest BCUT2D eigenvalue weighted by Gasteiger charge is 2.42. The zero-order valence-electron chi connectivity index (χ0n) is 16.1. The lowest BCUT2D eigenvalue weighted by Crippen LogP contribution is -2.45. The van der Waals surface area contributed by atoms with Crippen LogP contribution in [0.4, 0.5) is 0 Å². The van der Waals surface area contributed by atoms with E-state index >= 15 is 0 Å². The van der Waals surface area contributed by atoms with Gasteiger partial charge in [-0.2, -0.15) is 0 Å². The Morgan fingerprint density at radius 3 is 1.93 bits per heavy atom. The van der Waals surface area contributed by atoms with Gasteiger partial charge in [0, 0.05) is 0 Å².